The van der Waals surface area contributed by atoms with Crippen LogP contribution in [0.2, 0.25) is 0 Å². The van der Waals surface area contributed by atoms with Crippen molar-refractivity contribution in [2.75, 3.05) is 6.61 Å². The fourth-order valence-electron chi connectivity index (χ4n) is 0. The van der Waals surface area contributed by atoms with Crippen LogP contribution in [0.3, 0.4) is 0 Å². The molecule has 0 amide bonds. The van der Waals surface area contributed by atoms with Crippen molar-refractivity contribution in [3.63, 3.8) is 0 Å². The first kappa shape index (κ1) is 16.3. The summed E-state index contributed by atoms with van der Waals surface area (Å²) >= 11 is 0. The van der Waals surface area contributed by atoms with Crippen LogP contribution in [0.1, 0.15) is 6.92 Å². The average Bonchev–Trinajstić information content (AvgIpc) is 0.918. The van der Waals surface area contributed by atoms with E-state index in [4.69, 9.17) is 5.11 Å². The van der Waals surface area contributed by atoms with Crippen molar-refractivity contribution in [1.29, 1.82) is 0 Å². The molecule has 0 atom stereocenters. The van der Waals surface area contributed by atoms with E-state index in [1.807, 2.05) is 0 Å². The number of hydrogen-bond acceptors (Lipinski definition) is 1. The third-order valence-corrected chi connectivity index (χ3v) is 0. The molecule has 0 radical (unpaired) electrons. The normalized spacial score (nSPS) is 3.60. The Morgan fingerprint density at radius 2 is 1.60 bits per heavy atom. The van der Waals surface area contributed by atoms with Gasteiger partial charge in [-0.05, 0) is 6.92 Å². The van der Waals surface area contributed by atoms with Gasteiger partial charge in [0.1, 0.15) is 0 Å². The first-order valence-electron chi connectivity index (χ1n) is 1.02. The Morgan fingerprint density at radius 3 is 1.60 bits per heavy atom. The standard InChI is InChI=1S/C2H6O.BrH.Sb.3H/c1-2-3;;;;;/h3H,2H2,1H3;1H;;;;. The Hall–Kier alpha value is 1.26. The van der Waals surface area contributed by atoms with Crippen molar-refractivity contribution >= 4 is 41.4 Å². The predicted molar refractivity (Wildman–Crippen MR) is 33.0 cm³/mol. The number of hydrogen-bond donors (Lipinski definition) is 1. The fourth-order valence-corrected chi connectivity index (χ4v) is 0. The van der Waals surface area contributed by atoms with Gasteiger partial charge in [-0.3, -0.25) is 0 Å². The first-order chi connectivity index (χ1) is 1.41. The van der Waals surface area contributed by atoms with Crippen LogP contribution in [0.4, 0.5) is 0 Å². The summed E-state index contributed by atoms with van der Waals surface area (Å²) in [5.41, 5.74) is 0. The van der Waals surface area contributed by atoms with E-state index in [2.05, 4.69) is 0 Å². The van der Waals surface area contributed by atoms with Gasteiger partial charge >= 0.3 is 24.4 Å². The molecule has 0 aromatic heterocycles. The molecule has 0 saturated heterocycles. The van der Waals surface area contributed by atoms with Crippen molar-refractivity contribution in [3.05, 3.63) is 0 Å². The molecule has 0 aliphatic heterocycles. The van der Waals surface area contributed by atoms with Gasteiger partial charge in [-0.1, -0.05) is 0 Å². The van der Waals surface area contributed by atoms with Crippen LogP contribution in [0.25, 0.3) is 0 Å². The van der Waals surface area contributed by atoms with Crippen LogP contribution in [0.5, 0.6) is 0 Å². The second-order valence-corrected chi connectivity index (χ2v) is 0.316. The van der Waals surface area contributed by atoms with Gasteiger partial charge in [0.05, 0.1) is 0 Å². The summed E-state index contributed by atoms with van der Waals surface area (Å²) in [7, 11) is 0. The summed E-state index contributed by atoms with van der Waals surface area (Å²) < 4.78 is 0. The molecule has 0 aromatic rings. The van der Waals surface area contributed by atoms with Crippen LogP contribution in [0.15, 0.2) is 0 Å². The summed E-state index contributed by atoms with van der Waals surface area (Å²) in [6.45, 7) is 1.93. The zero-order valence-electron chi connectivity index (χ0n) is 3.27. The topological polar surface area (TPSA) is 20.2 Å². The van der Waals surface area contributed by atoms with E-state index in [0.717, 1.165) is 0 Å². The number of rotatable bonds is 0. The number of aliphatic hydroxyl groups is 1. The Labute approximate surface area is 60.0 Å². The molecule has 0 aliphatic carbocycles. The van der Waals surface area contributed by atoms with E-state index in [0.29, 0.717) is 0 Å². The Kier molecular flexibility index (Phi) is 60.9. The maximum absolute atomic E-state index is 7.57. The quantitative estimate of drug-likeness (QED) is 0.570. The third-order valence-electron chi connectivity index (χ3n) is 0. The molecule has 0 aromatic carbocycles. The van der Waals surface area contributed by atoms with E-state index < -0.39 is 0 Å². The van der Waals surface area contributed by atoms with Gasteiger partial charge in [-0.2, -0.15) is 0 Å². The molecule has 1 nitrogen and oxygen atoms in total. The van der Waals surface area contributed by atoms with Gasteiger partial charge in [-0.25, -0.2) is 0 Å². The van der Waals surface area contributed by atoms with Gasteiger partial charge in [0.2, 0.25) is 0 Å². The Balaban J connectivity index is -0.0000000200. The minimum absolute atomic E-state index is 0. The monoisotopic (exact) mass is 250 g/mol. The van der Waals surface area contributed by atoms with Crippen LogP contribution in [0, 0.1) is 0 Å². The molecular weight excluding hydrogens is 242 g/mol. The SMILES string of the molecule is Br.CCO.[SbH3]. The maximum atomic E-state index is 7.57. The van der Waals surface area contributed by atoms with Crippen molar-refractivity contribution < 1.29 is 5.11 Å². The number of aliphatic hydroxyl groups excluding tert-OH is 1. The molecule has 0 spiro atoms. The Morgan fingerprint density at radius 1 is 1.60 bits per heavy atom. The average molecular weight is 252 g/mol. The van der Waals surface area contributed by atoms with Crippen molar-refractivity contribution in [3.8, 4) is 0 Å². The summed E-state index contributed by atoms with van der Waals surface area (Å²) in [6.07, 6.45) is 0. The molecule has 1 N–H and O–H groups in total. The van der Waals surface area contributed by atoms with Crippen molar-refractivity contribution in [1.82, 2.24) is 0 Å². The zero-order valence-corrected chi connectivity index (χ0v) is 9.02. The molecule has 0 saturated carbocycles. The van der Waals surface area contributed by atoms with Gasteiger partial charge in [0.15, 0.2) is 0 Å². The molecule has 0 fully saturated rings. The third kappa shape index (κ3) is 35.3. The molecule has 0 unspecified atom stereocenters. The van der Waals surface area contributed by atoms with Crippen molar-refractivity contribution in [2.45, 2.75) is 6.92 Å². The molecule has 5 heavy (non-hydrogen) atoms. The van der Waals surface area contributed by atoms with Gasteiger partial charge < -0.3 is 5.11 Å². The molecule has 0 heterocycles. The van der Waals surface area contributed by atoms with Crippen LogP contribution in [-0.2, 0) is 0 Å². The summed E-state index contributed by atoms with van der Waals surface area (Å²) in [4.78, 5) is 0. The fraction of sp³-hybridized carbons (Fsp3) is 1.00. The predicted octanol–water partition coefficient (Wildman–Crippen LogP) is -0.607. The van der Waals surface area contributed by atoms with Gasteiger partial charge in [0.25, 0.3) is 0 Å². The van der Waals surface area contributed by atoms with E-state index in [1.165, 1.54) is 0 Å². The van der Waals surface area contributed by atoms with Gasteiger partial charge in [0, 0.05) is 6.61 Å². The molecule has 0 rings (SSSR count). The van der Waals surface area contributed by atoms with Gasteiger partial charge in [-0.15, -0.1) is 17.0 Å². The molecule has 0 bridgehead atoms. The number of halogens is 1. The zero-order chi connectivity index (χ0) is 2.71. The summed E-state index contributed by atoms with van der Waals surface area (Å²) in [6, 6.07) is 0. The first-order valence-corrected chi connectivity index (χ1v) is 1.02. The van der Waals surface area contributed by atoms with E-state index >= 15 is 0 Å². The molecule has 36 valence electrons. The van der Waals surface area contributed by atoms with E-state index in [1.54, 1.807) is 6.92 Å². The van der Waals surface area contributed by atoms with Crippen LogP contribution >= 0.6 is 17.0 Å². The summed E-state index contributed by atoms with van der Waals surface area (Å²) in [5.74, 6) is 0. The van der Waals surface area contributed by atoms with Crippen LogP contribution < -0.4 is 0 Å². The minimum atomic E-state index is 0. The second-order valence-electron chi connectivity index (χ2n) is 0.316. The van der Waals surface area contributed by atoms with Crippen LogP contribution in [-0.4, -0.2) is 36.1 Å². The second kappa shape index (κ2) is 18.7. The molecule has 3 heteroatoms. The Bertz CT molecular complexity index is 9.61. The molecule has 0 aliphatic rings. The summed E-state index contributed by atoms with van der Waals surface area (Å²) in [5, 5.41) is 7.57. The van der Waals surface area contributed by atoms with E-state index in [-0.39, 0.29) is 48.0 Å². The van der Waals surface area contributed by atoms with Crippen molar-refractivity contribution in [2.24, 2.45) is 0 Å². The van der Waals surface area contributed by atoms with E-state index in [9.17, 15) is 0 Å². The molecular formula is C2H10BrOSb.